The fraction of sp³-hybridized carbons (Fsp3) is 0.0909. The van der Waals surface area contributed by atoms with E-state index in [0.717, 1.165) is 0 Å². The summed E-state index contributed by atoms with van der Waals surface area (Å²) in [5.41, 5.74) is -0.105. The maximum absolute atomic E-state index is 11.3. The average Bonchev–Trinajstić information content (AvgIpc) is 2.61. The number of ether oxygens (including phenoxy) is 1. The monoisotopic (exact) mass is 233 g/mol. The summed E-state index contributed by atoms with van der Waals surface area (Å²) in [6, 6.07) is 5.86. The second kappa shape index (κ2) is 4.17. The van der Waals surface area contributed by atoms with Crippen molar-refractivity contribution < 1.29 is 19.2 Å². The summed E-state index contributed by atoms with van der Waals surface area (Å²) in [4.78, 5) is 32.6. The van der Waals surface area contributed by atoms with E-state index in [9.17, 15) is 19.7 Å². The SMILES string of the molecule is O=C1COC(=O)/C1=C\c1ccccc1[N+](=O)[O-]. The molecule has 6 nitrogen and oxygen atoms in total. The molecule has 1 aliphatic rings. The van der Waals surface area contributed by atoms with Crippen molar-refractivity contribution >= 4 is 23.5 Å². The number of rotatable bonds is 2. The number of nitrogens with zero attached hydrogens (tertiary/aromatic N) is 1. The highest BCUT2D eigenvalue weighted by Crippen LogP contribution is 2.22. The lowest BCUT2D eigenvalue weighted by molar-refractivity contribution is -0.385. The molecule has 2 rings (SSSR count). The van der Waals surface area contributed by atoms with Gasteiger partial charge >= 0.3 is 5.97 Å². The van der Waals surface area contributed by atoms with Crippen molar-refractivity contribution in [3.63, 3.8) is 0 Å². The number of cyclic esters (lactones) is 1. The third-order valence-corrected chi connectivity index (χ3v) is 2.29. The van der Waals surface area contributed by atoms with Crippen molar-refractivity contribution in [1.82, 2.24) is 0 Å². The Morgan fingerprint density at radius 3 is 2.59 bits per heavy atom. The molecule has 17 heavy (non-hydrogen) atoms. The minimum atomic E-state index is -0.742. The zero-order valence-electron chi connectivity index (χ0n) is 8.58. The topological polar surface area (TPSA) is 86.5 Å². The first-order chi connectivity index (χ1) is 8.09. The third kappa shape index (κ3) is 2.05. The Labute approximate surface area is 95.7 Å². The van der Waals surface area contributed by atoms with Gasteiger partial charge in [0.05, 0.1) is 10.5 Å². The van der Waals surface area contributed by atoms with Crippen LogP contribution in [0, 0.1) is 10.1 Å². The summed E-state index contributed by atoms with van der Waals surface area (Å²) >= 11 is 0. The third-order valence-electron chi connectivity index (χ3n) is 2.29. The fourth-order valence-electron chi connectivity index (χ4n) is 1.47. The van der Waals surface area contributed by atoms with Gasteiger partial charge in [-0.15, -0.1) is 0 Å². The maximum Gasteiger partial charge on any atom is 0.342 e. The molecular formula is C11H7NO5. The first kappa shape index (κ1) is 11.0. The lowest BCUT2D eigenvalue weighted by Crippen LogP contribution is -2.01. The van der Waals surface area contributed by atoms with Crippen LogP contribution in [0.3, 0.4) is 0 Å². The largest absolute Gasteiger partial charge is 0.454 e. The summed E-state index contributed by atoms with van der Waals surface area (Å²) in [5.74, 6) is -1.21. The quantitative estimate of drug-likeness (QED) is 0.251. The lowest BCUT2D eigenvalue weighted by Gasteiger charge is -1.97. The molecule has 0 atom stereocenters. The number of nitro benzene ring substituents is 1. The highest BCUT2D eigenvalue weighted by atomic mass is 16.6. The van der Waals surface area contributed by atoms with Gasteiger partial charge in [-0.1, -0.05) is 12.1 Å². The van der Waals surface area contributed by atoms with Gasteiger partial charge in [-0.3, -0.25) is 14.9 Å². The molecule has 0 spiro atoms. The Morgan fingerprint density at radius 1 is 1.29 bits per heavy atom. The molecule has 0 N–H and O–H groups in total. The molecular weight excluding hydrogens is 226 g/mol. The molecule has 1 aromatic carbocycles. The first-order valence-electron chi connectivity index (χ1n) is 4.75. The molecule has 1 heterocycles. The number of carbonyl (C=O) groups excluding carboxylic acids is 2. The van der Waals surface area contributed by atoms with Crippen molar-refractivity contribution in [3.8, 4) is 0 Å². The molecule has 1 aliphatic heterocycles. The molecule has 0 amide bonds. The predicted octanol–water partition coefficient (Wildman–Crippen LogP) is 1.10. The van der Waals surface area contributed by atoms with Crippen molar-refractivity contribution in [2.75, 3.05) is 6.61 Å². The van der Waals surface area contributed by atoms with Crippen LogP contribution in [0.1, 0.15) is 5.56 Å². The van der Waals surface area contributed by atoms with Gasteiger partial charge in [-0.05, 0) is 12.1 Å². The highest BCUT2D eigenvalue weighted by Gasteiger charge is 2.28. The van der Waals surface area contributed by atoms with Crippen molar-refractivity contribution in [2.45, 2.75) is 0 Å². The molecule has 0 saturated carbocycles. The summed E-state index contributed by atoms with van der Waals surface area (Å²) in [6.45, 7) is -0.300. The predicted molar refractivity (Wildman–Crippen MR) is 57.0 cm³/mol. The number of carbonyl (C=O) groups is 2. The van der Waals surface area contributed by atoms with Gasteiger partial charge in [0.2, 0.25) is 5.78 Å². The standard InChI is InChI=1S/C11H7NO5/c13-10-6-17-11(14)8(10)5-7-3-1-2-4-9(7)12(15)16/h1-5H,6H2/b8-5-. The molecule has 0 aromatic heterocycles. The lowest BCUT2D eigenvalue weighted by atomic mass is 10.1. The summed E-state index contributed by atoms with van der Waals surface area (Å²) in [5, 5.41) is 10.7. The number of hydrogen-bond donors (Lipinski definition) is 0. The van der Waals surface area contributed by atoms with Crippen molar-refractivity contribution in [2.24, 2.45) is 0 Å². The molecule has 1 aromatic rings. The Morgan fingerprint density at radius 2 is 2.00 bits per heavy atom. The first-order valence-corrected chi connectivity index (χ1v) is 4.75. The number of benzene rings is 1. The van der Waals surface area contributed by atoms with E-state index in [-0.39, 0.29) is 23.4 Å². The molecule has 0 aliphatic carbocycles. The van der Waals surface area contributed by atoms with Gasteiger partial charge in [-0.25, -0.2) is 4.79 Å². The number of nitro groups is 1. The summed E-state index contributed by atoms with van der Waals surface area (Å²) in [7, 11) is 0. The molecule has 0 radical (unpaired) electrons. The highest BCUT2D eigenvalue weighted by molar-refractivity contribution is 6.24. The minimum Gasteiger partial charge on any atom is -0.454 e. The van der Waals surface area contributed by atoms with Crippen LogP contribution in [0.25, 0.3) is 6.08 Å². The van der Waals surface area contributed by atoms with Crippen LogP contribution < -0.4 is 0 Å². The van der Waals surface area contributed by atoms with Gasteiger partial charge in [0.15, 0.2) is 6.61 Å². The van der Waals surface area contributed by atoms with Gasteiger partial charge in [0.1, 0.15) is 5.57 Å². The second-order valence-corrected chi connectivity index (χ2v) is 3.37. The van der Waals surface area contributed by atoms with E-state index in [2.05, 4.69) is 4.74 Å². The van der Waals surface area contributed by atoms with Crippen LogP contribution in [0.2, 0.25) is 0 Å². The second-order valence-electron chi connectivity index (χ2n) is 3.37. The van der Waals surface area contributed by atoms with E-state index in [1.165, 1.54) is 24.3 Å². The van der Waals surface area contributed by atoms with Crippen LogP contribution in [0.4, 0.5) is 5.69 Å². The molecule has 0 bridgehead atoms. The number of para-hydroxylation sites is 1. The van der Waals surface area contributed by atoms with Crippen LogP contribution in [-0.2, 0) is 14.3 Å². The zero-order chi connectivity index (χ0) is 12.4. The van der Waals surface area contributed by atoms with Crippen LogP contribution in [-0.4, -0.2) is 23.3 Å². The van der Waals surface area contributed by atoms with Gasteiger partial charge in [0, 0.05) is 6.07 Å². The zero-order valence-corrected chi connectivity index (χ0v) is 8.58. The fourth-order valence-corrected chi connectivity index (χ4v) is 1.47. The molecule has 0 unspecified atom stereocenters. The Bertz CT molecular complexity index is 529. The summed E-state index contributed by atoms with van der Waals surface area (Å²) in [6.07, 6.45) is 1.19. The van der Waals surface area contributed by atoms with E-state index in [4.69, 9.17) is 0 Å². The van der Waals surface area contributed by atoms with Gasteiger partial charge in [-0.2, -0.15) is 0 Å². The minimum absolute atomic E-state index is 0.153. The van der Waals surface area contributed by atoms with E-state index < -0.39 is 16.7 Å². The maximum atomic E-state index is 11.3. The molecule has 1 fully saturated rings. The van der Waals surface area contributed by atoms with Crippen molar-refractivity contribution in [3.05, 3.63) is 45.5 Å². The van der Waals surface area contributed by atoms with E-state index in [1.807, 2.05) is 0 Å². The molecule has 86 valence electrons. The van der Waals surface area contributed by atoms with E-state index >= 15 is 0 Å². The number of ketones is 1. The van der Waals surface area contributed by atoms with Crippen LogP contribution in [0.15, 0.2) is 29.8 Å². The number of esters is 1. The smallest absolute Gasteiger partial charge is 0.342 e. The molecule has 1 saturated heterocycles. The Balaban J connectivity index is 2.48. The number of Topliss-reactive ketones (excluding diaryl/α,β-unsaturated/α-hetero) is 1. The van der Waals surface area contributed by atoms with Crippen LogP contribution in [0.5, 0.6) is 0 Å². The van der Waals surface area contributed by atoms with E-state index in [0.29, 0.717) is 0 Å². The van der Waals surface area contributed by atoms with Gasteiger partial charge in [0.25, 0.3) is 5.69 Å². The van der Waals surface area contributed by atoms with Gasteiger partial charge < -0.3 is 4.74 Å². The summed E-state index contributed by atoms with van der Waals surface area (Å²) < 4.78 is 4.52. The normalized spacial score (nSPS) is 17.3. The Kier molecular flexibility index (Phi) is 2.70. The Hall–Kier alpha value is -2.50. The molecule has 6 heteroatoms. The average molecular weight is 233 g/mol. The number of hydrogen-bond acceptors (Lipinski definition) is 5. The van der Waals surface area contributed by atoms with E-state index in [1.54, 1.807) is 6.07 Å². The van der Waals surface area contributed by atoms with Crippen LogP contribution >= 0.6 is 0 Å². The van der Waals surface area contributed by atoms with Crippen molar-refractivity contribution in [1.29, 1.82) is 0 Å².